The van der Waals surface area contributed by atoms with Crippen LogP contribution in [-0.4, -0.2) is 15.0 Å². The van der Waals surface area contributed by atoms with Crippen molar-refractivity contribution in [3.63, 3.8) is 0 Å². The number of aryl methyl sites for hydroxylation is 2. The summed E-state index contributed by atoms with van der Waals surface area (Å²) in [5, 5.41) is 7.39. The molecule has 3 aliphatic carbocycles. The molecule has 0 saturated carbocycles. The molecule has 13 rings (SSSR count). The van der Waals surface area contributed by atoms with Gasteiger partial charge in [0.2, 0.25) is 0 Å². The summed E-state index contributed by atoms with van der Waals surface area (Å²) >= 11 is 0. The van der Waals surface area contributed by atoms with Crippen molar-refractivity contribution in [2.45, 2.75) is 18.3 Å². The third-order valence-electron chi connectivity index (χ3n) is 13.0. The topological polar surface area (TPSA) is 38.7 Å². The molecule has 0 aliphatic heterocycles. The van der Waals surface area contributed by atoms with E-state index in [2.05, 4.69) is 170 Å². The Morgan fingerprint density at radius 3 is 1.46 bits per heavy atom. The molecule has 1 aromatic heterocycles. The van der Waals surface area contributed by atoms with E-state index < -0.39 is 5.41 Å². The Morgan fingerprint density at radius 1 is 0.316 bits per heavy atom. The molecule has 0 amide bonds. The van der Waals surface area contributed by atoms with Gasteiger partial charge in [0, 0.05) is 16.7 Å². The van der Waals surface area contributed by atoms with Gasteiger partial charge in [0.25, 0.3) is 0 Å². The third-order valence-corrected chi connectivity index (χ3v) is 13.0. The van der Waals surface area contributed by atoms with Gasteiger partial charge >= 0.3 is 0 Å². The number of fused-ring (bicyclic) bond motifs is 13. The zero-order chi connectivity index (χ0) is 37.2. The lowest BCUT2D eigenvalue weighted by atomic mass is 9.70. The van der Waals surface area contributed by atoms with Gasteiger partial charge in [-0.2, -0.15) is 0 Å². The fourth-order valence-corrected chi connectivity index (χ4v) is 10.7. The molecule has 10 aromatic rings. The van der Waals surface area contributed by atoms with Crippen LogP contribution in [0.4, 0.5) is 0 Å². The van der Waals surface area contributed by atoms with Gasteiger partial charge in [0.15, 0.2) is 17.5 Å². The summed E-state index contributed by atoms with van der Waals surface area (Å²) in [6.45, 7) is 0. The molecule has 9 aromatic carbocycles. The molecule has 1 spiro atoms. The summed E-state index contributed by atoms with van der Waals surface area (Å²) in [4.78, 5) is 16.0. The number of benzene rings is 9. The molecule has 3 nitrogen and oxygen atoms in total. The summed E-state index contributed by atoms with van der Waals surface area (Å²) in [5.74, 6) is 2.00. The maximum Gasteiger partial charge on any atom is 0.164 e. The minimum absolute atomic E-state index is 0.427. The second-order valence-corrected chi connectivity index (χ2v) is 15.7. The molecular formula is C54H33N3. The number of hydrogen-bond acceptors (Lipinski definition) is 3. The van der Waals surface area contributed by atoms with Gasteiger partial charge < -0.3 is 0 Å². The van der Waals surface area contributed by atoms with Crippen molar-refractivity contribution >= 4 is 32.3 Å². The molecule has 0 atom stereocenters. The standard InChI is InChI=1S/C54H33N3/c1-2-13-34(14-3-1)51-55-52(35-29-30-40-38-19-5-4-17-36(38)37-18-6-7-20-39(37)43(40)31-35)57-53(56-51)42-22-12-26-47-50(42)41-21-8-9-23-44(41)54(47)45-24-10-15-32-27-28-33-16-11-25-46(54)49(33)48(32)45/h1-26,29-31H,27-28H2. The normalized spacial score (nSPS) is 14.0. The van der Waals surface area contributed by atoms with Crippen molar-refractivity contribution in [3.8, 4) is 56.4 Å². The van der Waals surface area contributed by atoms with Gasteiger partial charge in [-0.25, -0.2) is 15.0 Å². The van der Waals surface area contributed by atoms with Crippen molar-refractivity contribution in [1.29, 1.82) is 0 Å². The molecule has 0 N–H and O–H groups in total. The third kappa shape index (κ3) is 4.08. The van der Waals surface area contributed by atoms with E-state index in [1.165, 1.54) is 88.0 Å². The molecule has 0 saturated heterocycles. The Kier molecular flexibility index (Phi) is 6.21. The molecule has 0 fully saturated rings. The Morgan fingerprint density at radius 2 is 0.789 bits per heavy atom. The fraction of sp³-hybridized carbons (Fsp3) is 0.0556. The molecule has 3 aliphatic rings. The average molecular weight is 724 g/mol. The van der Waals surface area contributed by atoms with Gasteiger partial charge in [0.1, 0.15) is 0 Å². The highest BCUT2D eigenvalue weighted by Gasteiger charge is 2.53. The number of rotatable bonds is 3. The second kappa shape index (κ2) is 11.4. The van der Waals surface area contributed by atoms with Crippen molar-refractivity contribution in [1.82, 2.24) is 15.0 Å². The van der Waals surface area contributed by atoms with E-state index in [0.29, 0.717) is 17.5 Å². The van der Waals surface area contributed by atoms with Crippen LogP contribution < -0.4 is 0 Å². The summed E-state index contributed by atoms with van der Waals surface area (Å²) in [6.07, 6.45) is 2.14. The molecule has 0 radical (unpaired) electrons. The molecule has 57 heavy (non-hydrogen) atoms. The van der Waals surface area contributed by atoms with Crippen molar-refractivity contribution in [2.24, 2.45) is 0 Å². The van der Waals surface area contributed by atoms with Crippen LogP contribution >= 0.6 is 0 Å². The monoisotopic (exact) mass is 723 g/mol. The van der Waals surface area contributed by atoms with E-state index >= 15 is 0 Å². The zero-order valence-corrected chi connectivity index (χ0v) is 31.0. The highest BCUT2D eigenvalue weighted by atomic mass is 15.0. The summed E-state index contributed by atoms with van der Waals surface area (Å²) in [6, 6.07) is 64.3. The predicted molar refractivity (Wildman–Crippen MR) is 232 cm³/mol. The average Bonchev–Trinajstić information content (AvgIpc) is 3.77. The smallest absolute Gasteiger partial charge is 0.164 e. The second-order valence-electron chi connectivity index (χ2n) is 15.7. The first-order valence-corrected chi connectivity index (χ1v) is 19.9. The quantitative estimate of drug-likeness (QED) is 0.170. The molecule has 264 valence electrons. The summed E-state index contributed by atoms with van der Waals surface area (Å²) < 4.78 is 0. The Labute approximate surface area is 330 Å². The lowest BCUT2D eigenvalue weighted by Crippen LogP contribution is -2.25. The molecule has 0 unspecified atom stereocenters. The lowest BCUT2D eigenvalue weighted by molar-refractivity contribution is 0.793. The lowest BCUT2D eigenvalue weighted by Gasteiger charge is -2.30. The summed E-state index contributed by atoms with van der Waals surface area (Å²) in [7, 11) is 0. The first-order valence-electron chi connectivity index (χ1n) is 19.9. The minimum atomic E-state index is -0.427. The van der Waals surface area contributed by atoms with E-state index in [-0.39, 0.29) is 0 Å². The number of aromatic nitrogens is 3. The first kappa shape index (κ1) is 31.0. The van der Waals surface area contributed by atoms with Crippen molar-refractivity contribution in [2.75, 3.05) is 0 Å². The van der Waals surface area contributed by atoms with Crippen molar-refractivity contribution in [3.05, 3.63) is 209 Å². The Bertz CT molecular complexity index is 3270. The van der Waals surface area contributed by atoms with Gasteiger partial charge in [0.05, 0.1) is 5.41 Å². The molecular weight excluding hydrogens is 691 g/mol. The van der Waals surface area contributed by atoms with E-state index in [9.17, 15) is 0 Å². The maximum absolute atomic E-state index is 5.42. The van der Waals surface area contributed by atoms with Crippen LogP contribution in [0.3, 0.4) is 0 Å². The van der Waals surface area contributed by atoms with E-state index in [0.717, 1.165) is 29.5 Å². The van der Waals surface area contributed by atoms with Crippen LogP contribution in [0.5, 0.6) is 0 Å². The minimum Gasteiger partial charge on any atom is -0.208 e. The van der Waals surface area contributed by atoms with Crippen LogP contribution in [-0.2, 0) is 18.3 Å². The van der Waals surface area contributed by atoms with Gasteiger partial charge in [-0.15, -0.1) is 0 Å². The van der Waals surface area contributed by atoms with E-state index in [1.54, 1.807) is 0 Å². The Hall–Kier alpha value is -7.23. The Balaban J connectivity index is 1.09. The fourth-order valence-electron chi connectivity index (χ4n) is 10.7. The zero-order valence-electron chi connectivity index (χ0n) is 31.0. The van der Waals surface area contributed by atoms with Gasteiger partial charge in [-0.05, 0) is 107 Å². The van der Waals surface area contributed by atoms with Crippen LogP contribution in [0, 0.1) is 0 Å². The van der Waals surface area contributed by atoms with Gasteiger partial charge in [-0.3, -0.25) is 0 Å². The van der Waals surface area contributed by atoms with Crippen LogP contribution in [0.15, 0.2) is 176 Å². The van der Waals surface area contributed by atoms with E-state index in [1.807, 2.05) is 6.07 Å². The van der Waals surface area contributed by atoms with Crippen molar-refractivity contribution < 1.29 is 0 Å². The van der Waals surface area contributed by atoms with Crippen LogP contribution in [0.25, 0.3) is 88.7 Å². The highest BCUT2D eigenvalue weighted by Crippen LogP contribution is 2.65. The van der Waals surface area contributed by atoms with Crippen LogP contribution in [0.1, 0.15) is 33.4 Å². The van der Waals surface area contributed by atoms with E-state index in [4.69, 9.17) is 15.0 Å². The number of nitrogens with zero attached hydrogens (tertiary/aromatic N) is 3. The predicted octanol–water partition coefficient (Wildman–Crippen LogP) is 12.8. The first-order chi connectivity index (χ1) is 28.3. The van der Waals surface area contributed by atoms with Gasteiger partial charge in [-0.1, -0.05) is 170 Å². The molecule has 0 bridgehead atoms. The SMILES string of the molecule is c1ccc(-c2nc(-c3ccc4c5ccccc5c5ccccc5c4c3)nc(-c3cccc4c3-c3ccccc3C43c4cccc5c4-c4c(cccc43)CC5)n2)cc1. The molecule has 3 heteroatoms. The highest BCUT2D eigenvalue weighted by molar-refractivity contribution is 6.25. The maximum atomic E-state index is 5.42. The number of hydrogen-bond donors (Lipinski definition) is 0. The van der Waals surface area contributed by atoms with Crippen LogP contribution in [0.2, 0.25) is 0 Å². The molecule has 1 heterocycles. The summed E-state index contributed by atoms with van der Waals surface area (Å²) in [5.41, 5.74) is 16.2. The largest absolute Gasteiger partial charge is 0.208 e.